The van der Waals surface area contributed by atoms with Gasteiger partial charge in [0, 0.05) is 32.1 Å². The van der Waals surface area contributed by atoms with E-state index in [1.54, 1.807) is 12.1 Å². The molecule has 2 atom stereocenters. The highest BCUT2D eigenvalue weighted by Gasteiger charge is 2.45. The van der Waals surface area contributed by atoms with Gasteiger partial charge in [0.1, 0.15) is 6.04 Å². The molecule has 0 saturated carbocycles. The number of hydrogen-bond donors (Lipinski definition) is 2. The highest BCUT2D eigenvalue weighted by atomic mass is 16.2. The summed E-state index contributed by atoms with van der Waals surface area (Å²) in [6.45, 7) is 1.81. The van der Waals surface area contributed by atoms with E-state index in [4.69, 9.17) is 5.73 Å². The Morgan fingerprint density at radius 3 is 2.61 bits per heavy atom. The first kappa shape index (κ1) is 19.6. The second-order valence-corrected chi connectivity index (χ2v) is 8.26. The summed E-state index contributed by atoms with van der Waals surface area (Å²) in [6.07, 6.45) is 0.241. The fourth-order valence-corrected chi connectivity index (χ4v) is 4.80. The smallest absolute Gasteiger partial charge is 0.262 e. The zero-order valence-electron chi connectivity index (χ0n) is 16.8. The van der Waals surface area contributed by atoms with Crippen LogP contribution >= 0.6 is 0 Å². The highest BCUT2D eigenvalue weighted by molar-refractivity contribution is 6.24. The number of carbonyl (C=O) groups is 4. The van der Waals surface area contributed by atoms with E-state index in [0.717, 1.165) is 21.6 Å². The Kier molecular flexibility index (Phi) is 4.68. The number of fused-ring (bicyclic) bond motifs is 2. The van der Waals surface area contributed by atoms with Gasteiger partial charge in [-0.15, -0.1) is 0 Å². The van der Waals surface area contributed by atoms with Gasteiger partial charge in [-0.2, -0.15) is 0 Å². The maximum Gasteiger partial charge on any atom is 0.262 e. The van der Waals surface area contributed by atoms with Crippen molar-refractivity contribution in [1.82, 2.24) is 15.1 Å². The minimum absolute atomic E-state index is 0.0990. The maximum absolute atomic E-state index is 13.3. The molecule has 2 aromatic carbocycles. The lowest BCUT2D eigenvalue weighted by atomic mass is 9.95. The molecule has 1 saturated heterocycles. The van der Waals surface area contributed by atoms with Crippen molar-refractivity contribution in [3.8, 4) is 0 Å². The van der Waals surface area contributed by atoms with Gasteiger partial charge in [0.2, 0.25) is 11.8 Å². The molecular weight excluding hydrogens is 396 g/mol. The Morgan fingerprint density at radius 1 is 1.00 bits per heavy atom. The van der Waals surface area contributed by atoms with Gasteiger partial charge in [0.25, 0.3) is 11.8 Å². The average molecular weight is 418 g/mol. The van der Waals surface area contributed by atoms with Crippen LogP contribution in [0.3, 0.4) is 0 Å². The van der Waals surface area contributed by atoms with E-state index in [2.05, 4.69) is 16.3 Å². The average Bonchev–Trinajstić information content (AvgIpc) is 3.00. The van der Waals surface area contributed by atoms with Crippen LogP contribution in [0.2, 0.25) is 0 Å². The van der Waals surface area contributed by atoms with E-state index in [0.29, 0.717) is 30.8 Å². The normalized spacial score (nSPS) is 23.6. The monoisotopic (exact) mass is 418 g/mol. The van der Waals surface area contributed by atoms with Gasteiger partial charge in [-0.3, -0.25) is 34.3 Å². The Hall–Kier alpha value is -3.36. The number of benzene rings is 2. The summed E-state index contributed by atoms with van der Waals surface area (Å²) in [5, 5.41) is 2.22. The number of nitrogens with zero attached hydrogens (tertiary/aromatic N) is 2. The van der Waals surface area contributed by atoms with Crippen LogP contribution in [0, 0.1) is 0 Å². The lowest BCUT2D eigenvalue weighted by Crippen LogP contribution is -2.54. The molecule has 5 rings (SSSR count). The molecule has 2 aromatic rings. The predicted molar refractivity (Wildman–Crippen MR) is 111 cm³/mol. The molecule has 0 aromatic heterocycles. The molecule has 1 fully saturated rings. The molecule has 158 valence electrons. The van der Waals surface area contributed by atoms with Crippen molar-refractivity contribution in [2.45, 2.75) is 38.0 Å². The van der Waals surface area contributed by atoms with Gasteiger partial charge in [-0.1, -0.05) is 36.4 Å². The summed E-state index contributed by atoms with van der Waals surface area (Å²) in [5.74, 6) is -1.96. The molecule has 0 bridgehead atoms. The van der Waals surface area contributed by atoms with Crippen LogP contribution in [0.1, 0.15) is 56.3 Å². The zero-order valence-corrected chi connectivity index (χ0v) is 16.8. The molecule has 0 radical (unpaired) electrons. The molecule has 4 amide bonds. The van der Waals surface area contributed by atoms with Crippen LogP contribution in [0.5, 0.6) is 0 Å². The number of rotatable bonds is 3. The van der Waals surface area contributed by atoms with Crippen LogP contribution in [0.15, 0.2) is 42.5 Å². The lowest BCUT2D eigenvalue weighted by Gasteiger charge is -2.33. The van der Waals surface area contributed by atoms with Crippen molar-refractivity contribution in [1.29, 1.82) is 0 Å². The number of carbonyl (C=O) groups excluding carboxylic acids is 4. The summed E-state index contributed by atoms with van der Waals surface area (Å²) in [6, 6.07) is 12.2. The van der Waals surface area contributed by atoms with Crippen molar-refractivity contribution in [2.24, 2.45) is 5.73 Å². The Bertz CT molecular complexity index is 1130. The van der Waals surface area contributed by atoms with Crippen molar-refractivity contribution in [3.05, 3.63) is 70.3 Å². The van der Waals surface area contributed by atoms with Gasteiger partial charge < -0.3 is 5.73 Å². The SMILES string of the molecule is NC1CN(Cc2cccc3c2C(=O)N(C2CCC(=O)NC2=O)C3=O)Cc2ccccc21. The fraction of sp³-hybridized carbons (Fsp3) is 0.304. The largest absolute Gasteiger partial charge is 0.323 e. The molecule has 3 aliphatic rings. The van der Waals surface area contributed by atoms with Gasteiger partial charge in [-0.25, -0.2) is 0 Å². The first-order chi connectivity index (χ1) is 14.9. The number of nitrogens with two attached hydrogens (primary N) is 1. The van der Waals surface area contributed by atoms with Gasteiger partial charge in [-0.05, 0) is 29.2 Å². The van der Waals surface area contributed by atoms with Gasteiger partial charge in [0.05, 0.1) is 11.1 Å². The van der Waals surface area contributed by atoms with E-state index in [-0.39, 0.29) is 24.8 Å². The van der Waals surface area contributed by atoms with Crippen molar-refractivity contribution >= 4 is 23.6 Å². The van der Waals surface area contributed by atoms with Crippen LogP contribution in [0.4, 0.5) is 0 Å². The Labute approximate surface area is 179 Å². The standard InChI is InChI=1S/C23H22N4O4/c24-17-12-26(10-13-4-1-2-6-15(13)17)11-14-5-3-7-16-20(14)23(31)27(22(16)30)18-8-9-19(28)25-21(18)29/h1-7,17-18H,8-12,24H2,(H,25,28,29). The Balaban J connectivity index is 1.43. The molecule has 8 nitrogen and oxygen atoms in total. The number of hydrogen-bond acceptors (Lipinski definition) is 6. The third-order valence-corrected chi connectivity index (χ3v) is 6.25. The molecule has 0 spiro atoms. The first-order valence-corrected chi connectivity index (χ1v) is 10.3. The molecule has 0 aliphatic carbocycles. The fourth-order valence-electron chi connectivity index (χ4n) is 4.80. The van der Waals surface area contributed by atoms with Crippen LogP contribution in [0.25, 0.3) is 0 Å². The van der Waals surface area contributed by atoms with E-state index in [1.807, 2.05) is 24.3 Å². The second-order valence-electron chi connectivity index (χ2n) is 8.26. The topological polar surface area (TPSA) is 113 Å². The predicted octanol–water partition coefficient (Wildman–Crippen LogP) is 1.10. The van der Waals surface area contributed by atoms with Crippen LogP contribution < -0.4 is 11.1 Å². The summed E-state index contributed by atoms with van der Waals surface area (Å²) in [5.41, 5.74) is 10.0. The molecule has 31 heavy (non-hydrogen) atoms. The zero-order chi connectivity index (χ0) is 21.7. The molecule has 3 N–H and O–H groups in total. The number of nitrogens with one attached hydrogen (secondary N) is 1. The summed E-state index contributed by atoms with van der Waals surface area (Å²) in [7, 11) is 0. The summed E-state index contributed by atoms with van der Waals surface area (Å²) < 4.78 is 0. The summed E-state index contributed by atoms with van der Waals surface area (Å²) >= 11 is 0. The van der Waals surface area contributed by atoms with Gasteiger partial charge in [0.15, 0.2) is 0 Å². The summed E-state index contributed by atoms with van der Waals surface area (Å²) in [4.78, 5) is 53.2. The quantitative estimate of drug-likeness (QED) is 0.722. The highest BCUT2D eigenvalue weighted by Crippen LogP contribution is 2.32. The molecule has 2 unspecified atom stereocenters. The number of imide groups is 2. The third kappa shape index (κ3) is 3.24. The molecular formula is C23H22N4O4. The minimum atomic E-state index is -0.965. The molecule has 3 aliphatic heterocycles. The van der Waals surface area contributed by atoms with Crippen molar-refractivity contribution < 1.29 is 19.2 Å². The van der Waals surface area contributed by atoms with Crippen molar-refractivity contribution in [2.75, 3.05) is 6.54 Å². The van der Waals surface area contributed by atoms with Crippen LogP contribution in [-0.2, 0) is 22.7 Å². The number of amides is 4. The minimum Gasteiger partial charge on any atom is -0.323 e. The van der Waals surface area contributed by atoms with E-state index >= 15 is 0 Å². The molecule has 8 heteroatoms. The van der Waals surface area contributed by atoms with Crippen molar-refractivity contribution in [3.63, 3.8) is 0 Å². The Morgan fingerprint density at radius 2 is 1.81 bits per heavy atom. The van der Waals surface area contributed by atoms with E-state index in [1.165, 1.54) is 0 Å². The second kappa shape index (κ2) is 7.40. The first-order valence-electron chi connectivity index (χ1n) is 10.3. The number of piperidine rings is 1. The van der Waals surface area contributed by atoms with E-state index < -0.39 is 23.8 Å². The van der Waals surface area contributed by atoms with E-state index in [9.17, 15) is 19.2 Å². The molecule has 3 heterocycles. The third-order valence-electron chi connectivity index (χ3n) is 6.25. The lowest BCUT2D eigenvalue weighted by molar-refractivity contribution is -0.136. The van der Waals surface area contributed by atoms with Gasteiger partial charge >= 0.3 is 0 Å². The van der Waals surface area contributed by atoms with Crippen LogP contribution in [-0.4, -0.2) is 46.0 Å². The maximum atomic E-state index is 13.3.